The number of anilines is 1. The van der Waals surface area contributed by atoms with Gasteiger partial charge in [0.2, 0.25) is 5.75 Å². The van der Waals surface area contributed by atoms with Crippen molar-refractivity contribution in [2.75, 3.05) is 24.6 Å². The van der Waals surface area contributed by atoms with Crippen LogP contribution in [0.5, 0.6) is 23.1 Å². The first kappa shape index (κ1) is 28.3. The minimum absolute atomic E-state index is 0.0724. The second-order valence-electron chi connectivity index (χ2n) is 8.36. The first-order chi connectivity index (χ1) is 19.4. The molecule has 12 heteroatoms. The third kappa shape index (κ3) is 6.28. The Morgan fingerprint density at radius 2 is 1.68 bits per heavy atom. The van der Waals surface area contributed by atoms with Gasteiger partial charge < -0.3 is 19.3 Å². The lowest BCUT2D eigenvalue weighted by Gasteiger charge is -2.29. The van der Waals surface area contributed by atoms with Gasteiger partial charge in [-0.3, -0.25) is 4.98 Å². The highest BCUT2D eigenvalue weighted by atomic mass is 32.2. The zero-order valence-corrected chi connectivity index (χ0v) is 22.9. The van der Waals surface area contributed by atoms with Gasteiger partial charge in [0.25, 0.3) is 15.9 Å². The molecule has 0 saturated carbocycles. The summed E-state index contributed by atoms with van der Waals surface area (Å²) in [4.78, 5) is 17.3. The van der Waals surface area contributed by atoms with Gasteiger partial charge >= 0.3 is 0 Å². The van der Waals surface area contributed by atoms with Crippen LogP contribution in [0.2, 0.25) is 0 Å². The number of sulfonamides is 1. The molecule has 40 heavy (non-hydrogen) atoms. The molecule has 206 valence electrons. The Bertz CT molecular complexity index is 1610. The molecule has 0 unspecified atom stereocenters. The van der Waals surface area contributed by atoms with Crippen LogP contribution in [0.1, 0.15) is 13.8 Å². The topological polar surface area (TPSA) is 137 Å². The van der Waals surface area contributed by atoms with E-state index < -0.39 is 16.1 Å². The van der Waals surface area contributed by atoms with Crippen molar-refractivity contribution >= 4 is 15.8 Å². The molecule has 0 aliphatic rings. The van der Waals surface area contributed by atoms with Crippen molar-refractivity contribution in [3.8, 4) is 46.4 Å². The van der Waals surface area contributed by atoms with Gasteiger partial charge in [0.05, 0.1) is 7.11 Å². The van der Waals surface area contributed by atoms with Gasteiger partial charge in [-0.1, -0.05) is 30.0 Å². The number of aliphatic hydroxyl groups is 1. The van der Waals surface area contributed by atoms with Crippen molar-refractivity contribution in [2.24, 2.45) is 0 Å². The van der Waals surface area contributed by atoms with Crippen LogP contribution >= 0.6 is 0 Å². The summed E-state index contributed by atoms with van der Waals surface area (Å²) >= 11 is 0. The molecule has 0 spiro atoms. The molecule has 0 aliphatic heterocycles. The second kappa shape index (κ2) is 12.9. The molecule has 3 aromatic heterocycles. The highest BCUT2D eigenvalue weighted by Crippen LogP contribution is 2.44. The highest BCUT2D eigenvalue weighted by molar-refractivity contribution is 7.92. The molecule has 0 amide bonds. The number of aromatic nitrogens is 4. The lowest BCUT2D eigenvalue weighted by Crippen LogP contribution is -2.38. The molecule has 0 bridgehead atoms. The Morgan fingerprint density at radius 1 is 0.950 bits per heavy atom. The molecule has 3 heterocycles. The Labute approximate surface area is 232 Å². The number of hydrogen-bond donors (Lipinski definition) is 1. The van der Waals surface area contributed by atoms with E-state index in [1.54, 1.807) is 74.8 Å². The Morgan fingerprint density at radius 3 is 2.33 bits per heavy atom. The SMILES string of the molecule is COc1ccccc1Oc1c(OCC#CCO)nc(-c2ccncc2)nc1N(C(C)C)S(=O)(=O)c1ccccn1. The lowest BCUT2D eigenvalue weighted by molar-refractivity contribution is 0.322. The molecule has 0 radical (unpaired) electrons. The zero-order valence-electron chi connectivity index (χ0n) is 22.1. The van der Waals surface area contributed by atoms with Crippen LogP contribution in [0.25, 0.3) is 11.4 Å². The normalized spacial score (nSPS) is 10.9. The smallest absolute Gasteiger partial charge is 0.283 e. The summed E-state index contributed by atoms with van der Waals surface area (Å²) in [6, 6.07) is 14.2. The number of benzene rings is 1. The van der Waals surface area contributed by atoms with Gasteiger partial charge in [0, 0.05) is 30.2 Å². The summed E-state index contributed by atoms with van der Waals surface area (Å²) < 4.78 is 46.7. The third-order valence-corrected chi connectivity index (χ3v) is 7.24. The van der Waals surface area contributed by atoms with E-state index in [9.17, 15) is 8.42 Å². The van der Waals surface area contributed by atoms with E-state index in [-0.39, 0.29) is 47.3 Å². The number of pyridine rings is 2. The number of methoxy groups -OCH3 is 1. The molecular weight excluding hydrogens is 534 g/mol. The fourth-order valence-corrected chi connectivity index (χ4v) is 5.20. The molecular formula is C28H27N5O6S. The van der Waals surface area contributed by atoms with E-state index in [4.69, 9.17) is 19.3 Å². The number of hydrogen-bond acceptors (Lipinski definition) is 10. The van der Waals surface area contributed by atoms with Crippen LogP contribution in [0.3, 0.4) is 0 Å². The van der Waals surface area contributed by atoms with Crippen LogP contribution in [0.4, 0.5) is 5.82 Å². The van der Waals surface area contributed by atoms with E-state index in [1.165, 1.54) is 19.4 Å². The first-order valence-corrected chi connectivity index (χ1v) is 13.6. The van der Waals surface area contributed by atoms with Crippen LogP contribution in [0, 0.1) is 11.8 Å². The fraction of sp³-hybridized carbons (Fsp3) is 0.214. The number of ether oxygens (including phenoxy) is 3. The number of para-hydroxylation sites is 2. The maximum Gasteiger partial charge on any atom is 0.283 e. The molecule has 4 aromatic rings. The zero-order chi connectivity index (χ0) is 28.5. The van der Waals surface area contributed by atoms with Gasteiger partial charge in [0.15, 0.2) is 34.8 Å². The monoisotopic (exact) mass is 561 g/mol. The lowest BCUT2D eigenvalue weighted by atomic mass is 10.2. The molecule has 1 aromatic carbocycles. The average molecular weight is 562 g/mol. The van der Waals surface area contributed by atoms with Crippen molar-refractivity contribution in [1.29, 1.82) is 0 Å². The summed E-state index contributed by atoms with van der Waals surface area (Å²) in [7, 11) is -2.75. The summed E-state index contributed by atoms with van der Waals surface area (Å²) in [6.45, 7) is 2.89. The summed E-state index contributed by atoms with van der Waals surface area (Å²) in [5.41, 5.74) is 0.560. The van der Waals surface area contributed by atoms with Gasteiger partial charge in [-0.2, -0.15) is 13.4 Å². The predicted octanol–water partition coefficient (Wildman–Crippen LogP) is 3.71. The van der Waals surface area contributed by atoms with Crippen LogP contribution in [-0.4, -0.2) is 59.8 Å². The summed E-state index contributed by atoms with van der Waals surface area (Å²) in [6.07, 6.45) is 4.53. The average Bonchev–Trinajstić information content (AvgIpc) is 2.97. The van der Waals surface area contributed by atoms with Gasteiger partial charge in [-0.15, -0.1) is 0 Å². The van der Waals surface area contributed by atoms with E-state index in [1.807, 2.05) is 0 Å². The molecule has 0 aliphatic carbocycles. The van der Waals surface area contributed by atoms with Crippen molar-refractivity contribution in [3.63, 3.8) is 0 Å². The maximum absolute atomic E-state index is 14.0. The number of aliphatic hydroxyl groups excluding tert-OH is 1. The molecule has 0 fully saturated rings. The third-order valence-electron chi connectivity index (χ3n) is 5.36. The van der Waals surface area contributed by atoms with E-state index in [0.717, 1.165) is 4.31 Å². The minimum atomic E-state index is -4.24. The predicted molar refractivity (Wildman–Crippen MR) is 148 cm³/mol. The Balaban J connectivity index is 2.01. The van der Waals surface area contributed by atoms with Crippen molar-refractivity contribution in [2.45, 2.75) is 24.9 Å². The molecule has 1 N–H and O–H groups in total. The largest absolute Gasteiger partial charge is 0.493 e. The number of rotatable bonds is 10. The fourth-order valence-electron chi connectivity index (χ4n) is 3.65. The summed E-state index contributed by atoms with van der Waals surface area (Å²) in [5.74, 6) is 5.77. The van der Waals surface area contributed by atoms with Crippen molar-refractivity contribution in [3.05, 3.63) is 73.2 Å². The molecule has 4 rings (SSSR count). The van der Waals surface area contributed by atoms with E-state index >= 15 is 0 Å². The van der Waals surface area contributed by atoms with Gasteiger partial charge in [-0.05, 0) is 50.2 Å². The quantitative estimate of drug-likeness (QED) is 0.285. The van der Waals surface area contributed by atoms with Crippen LogP contribution < -0.4 is 18.5 Å². The van der Waals surface area contributed by atoms with Crippen LogP contribution in [0.15, 0.2) is 78.2 Å². The first-order valence-electron chi connectivity index (χ1n) is 12.1. The Kier molecular flexibility index (Phi) is 9.11. The molecule has 0 saturated heterocycles. The van der Waals surface area contributed by atoms with Gasteiger partial charge in [-0.25, -0.2) is 14.3 Å². The Hall–Kier alpha value is -4.73. The molecule has 0 atom stereocenters. The maximum atomic E-state index is 14.0. The second-order valence-corrected chi connectivity index (χ2v) is 10.1. The highest BCUT2D eigenvalue weighted by Gasteiger charge is 2.35. The van der Waals surface area contributed by atoms with Gasteiger partial charge in [0.1, 0.15) is 6.61 Å². The summed E-state index contributed by atoms with van der Waals surface area (Å²) in [5, 5.41) is 8.89. The van der Waals surface area contributed by atoms with Crippen molar-refractivity contribution < 1.29 is 27.7 Å². The van der Waals surface area contributed by atoms with Crippen LogP contribution in [-0.2, 0) is 10.0 Å². The van der Waals surface area contributed by atoms with Crippen molar-refractivity contribution in [1.82, 2.24) is 19.9 Å². The standard InChI is InChI=1S/C28H27N5O6S/c1-20(2)33(40(35,36)24-12-6-7-15-30-24)27-25(39-23-11-5-4-10-22(23)37-3)28(38-19-9-8-18-34)32-26(31-27)21-13-16-29-17-14-21/h4-7,10-17,20,34H,18-19H2,1-3H3. The van der Waals surface area contributed by atoms with E-state index in [2.05, 4.69) is 31.8 Å². The minimum Gasteiger partial charge on any atom is -0.493 e. The molecule has 11 nitrogen and oxygen atoms in total. The van der Waals surface area contributed by atoms with E-state index in [0.29, 0.717) is 11.3 Å². The number of nitrogens with zero attached hydrogens (tertiary/aromatic N) is 5.